The van der Waals surface area contributed by atoms with Crippen LogP contribution in [-0.4, -0.2) is 36.1 Å². The van der Waals surface area contributed by atoms with Gasteiger partial charge in [0.15, 0.2) is 11.5 Å². The Morgan fingerprint density at radius 3 is 2.55 bits per heavy atom. The molecule has 1 aliphatic rings. The second-order valence-electron chi connectivity index (χ2n) is 8.51. The lowest BCUT2D eigenvalue weighted by Gasteiger charge is -2.31. The second-order valence-corrected chi connectivity index (χ2v) is 9.35. The molecule has 0 saturated carbocycles. The zero-order chi connectivity index (χ0) is 24.0. The molecule has 1 aliphatic heterocycles. The van der Waals surface area contributed by atoms with Gasteiger partial charge < -0.3 is 19.7 Å². The number of aryl methyl sites for hydroxylation is 1. The van der Waals surface area contributed by atoms with E-state index in [1.807, 2.05) is 39.0 Å². The Labute approximate surface area is 205 Å². The maximum absolute atomic E-state index is 13.4. The van der Waals surface area contributed by atoms with E-state index in [4.69, 9.17) is 32.7 Å². The Morgan fingerprint density at radius 2 is 1.85 bits per heavy atom. The molecule has 0 bridgehead atoms. The van der Waals surface area contributed by atoms with Gasteiger partial charge in [0.25, 0.3) is 0 Å². The van der Waals surface area contributed by atoms with Crippen LogP contribution in [0.3, 0.4) is 0 Å². The number of benzene rings is 2. The van der Waals surface area contributed by atoms with Crippen LogP contribution >= 0.6 is 23.2 Å². The summed E-state index contributed by atoms with van der Waals surface area (Å²) in [6.45, 7) is 6.95. The van der Waals surface area contributed by atoms with Crippen molar-refractivity contribution in [3.63, 3.8) is 0 Å². The van der Waals surface area contributed by atoms with Gasteiger partial charge in [0.2, 0.25) is 18.6 Å². The van der Waals surface area contributed by atoms with Crippen LogP contribution in [0.15, 0.2) is 36.4 Å². The number of carbonyl (C=O) groups excluding carboxylic acids is 2. The maximum atomic E-state index is 13.4. The van der Waals surface area contributed by atoms with Gasteiger partial charge in [0.1, 0.15) is 6.04 Å². The van der Waals surface area contributed by atoms with E-state index in [1.54, 1.807) is 23.1 Å². The third-order valence-corrected chi connectivity index (χ3v) is 6.08. The highest BCUT2D eigenvalue weighted by atomic mass is 35.5. The fraction of sp³-hybridized carbons (Fsp3) is 0.440. The minimum Gasteiger partial charge on any atom is -0.454 e. The average molecular weight is 493 g/mol. The van der Waals surface area contributed by atoms with Gasteiger partial charge in [-0.05, 0) is 54.2 Å². The Hall–Kier alpha value is -2.44. The van der Waals surface area contributed by atoms with Crippen LogP contribution in [0, 0.1) is 5.92 Å². The third-order valence-electron chi connectivity index (χ3n) is 5.49. The van der Waals surface area contributed by atoms with E-state index >= 15 is 0 Å². The number of hydrogen-bond acceptors (Lipinski definition) is 4. The summed E-state index contributed by atoms with van der Waals surface area (Å²) in [5.74, 6) is 1.42. The molecule has 0 aliphatic carbocycles. The summed E-state index contributed by atoms with van der Waals surface area (Å²) in [4.78, 5) is 28.0. The molecule has 0 aromatic heterocycles. The summed E-state index contributed by atoms with van der Waals surface area (Å²) < 4.78 is 10.8. The van der Waals surface area contributed by atoms with E-state index in [9.17, 15) is 9.59 Å². The largest absolute Gasteiger partial charge is 0.454 e. The maximum Gasteiger partial charge on any atom is 0.242 e. The molecule has 2 aromatic rings. The van der Waals surface area contributed by atoms with Crippen molar-refractivity contribution in [1.29, 1.82) is 0 Å². The van der Waals surface area contributed by atoms with Gasteiger partial charge in [-0.3, -0.25) is 9.59 Å². The molecule has 8 heteroatoms. The van der Waals surface area contributed by atoms with Crippen molar-refractivity contribution >= 4 is 35.0 Å². The number of rotatable bonds is 10. The van der Waals surface area contributed by atoms with Crippen LogP contribution in [0.2, 0.25) is 10.0 Å². The molecule has 3 rings (SSSR count). The minimum atomic E-state index is -0.597. The Bertz CT molecular complexity index is 996. The number of hydrogen-bond donors (Lipinski definition) is 1. The highest BCUT2D eigenvalue weighted by Gasteiger charge is 2.29. The number of fused-ring (bicyclic) bond motifs is 1. The first-order valence-electron chi connectivity index (χ1n) is 11.2. The molecule has 0 saturated heterocycles. The highest BCUT2D eigenvalue weighted by Crippen LogP contribution is 2.33. The quantitative estimate of drug-likeness (QED) is 0.492. The third kappa shape index (κ3) is 6.78. The summed E-state index contributed by atoms with van der Waals surface area (Å²) in [5, 5.41) is 3.95. The highest BCUT2D eigenvalue weighted by molar-refractivity contribution is 6.35. The van der Waals surface area contributed by atoms with Crippen molar-refractivity contribution in [2.24, 2.45) is 5.92 Å². The van der Waals surface area contributed by atoms with Crippen molar-refractivity contribution < 1.29 is 19.1 Å². The van der Waals surface area contributed by atoms with Crippen LogP contribution in [0.25, 0.3) is 0 Å². The van der Waals surface area contributed by atoms with E-state index in [1.165, 1.54) is 0 Å². The molecule has 1 atom stereocenters. The van der Waals surface area contributed by atoms with Crippen LogP contribution in [0.1, 0.15) is 44.7 Å². The number of amides is 2. The minimum absolute atomic E-state index is 0.120. The van der Waals surface area contributed by atoms with Gasteiger partial charge in [-0.25, -0.2) is 0 Å². The van der Waals surface area contributed by atoms with Crippen LogP contribution in [0.4, 0.5) is 0 Å². The van der Waals surface area contributed by atoms with Crippen LogP contribution in [-0.2, 0) is 22.6 Å². The molecule has 1 heterocycles. The molecule has 6 nitrogen and oxygen atoms in total. The smallest absolute Gasteiger partial charge is 0.242 e. The summed E-state index contributed by atoms with van der Waals surface area (Å²) in [6.07, 6.45) is 1.26. The summed E-state index contributed by atoms with van der Waals surface area (Å²) in [6, 6.07) is 10.2. The predicted octanol–water partition coefficient (Wildman–Crippen LogP) is 5.23. The van der Waals surface area contributed by atoms with Crippen molar-refractivity contribution in [2.75, 3.05) is 13.3 Å². The number of carbonyl (C=O) groups is 2. The van der Waals surface area contributed by atoms with Gasteiger partial charge >= 0.3 is 0 Å². The molecular formula is C25H30Cl2N2O4. The number of ether oxygens (including phenoxy) is 2. The van der Waals surface area contributed by atoms with E-state index < -0.39 is 6.04 Å². The topological polar surface area (TPSA) is 67.9 Å². The lowest BCUT2D eigenvalue weighted by Crippen LogP contribution is -2.49. The molecule has 0 spiro atoms. The Balaban J connectivity index is 1.78. The first kappa shape index (κ1) is 25.2. The van der Waals surface area contributed by atoms with E-state index in [0.29, 0.717) is 46.8 Å². The number of nitrogens with zero attached hydrogens (tertiary/aromatic N) is 1. The first-order chi connectivity index (χ1) is 15.8. The first-order valence-corrected chi connectivity index (χ1v) is 11.9. The second kappa shape index (κ2) is 11.6. The molecule has 0 fully saturated rings. The van der Waals surface area contributed by atoms with Crippen LogP contribution in [0.5, 0.6) is 11.5 Å². The molecule has 178 valence electrons. The zero-order valence-electron chi connectivity index (χ0n) is 19.2. The van der Waals surface area contributed by atoms with Gasteiger partial charge in [0, 0.05) is 29.6 Å². The lowest BCUT2D eigenvalue weighted by atomic mass is 10.1. The molecule has 2 aromatic carbocycles. The van der Waals surface area contributed by atoms with E-state index in [-0.39, 0.29) is 31.6 Å². The number of halogens is 2. The Morgan fingerprint density at radius 1 is 1.09 bits per heavy atom. The summed E-state index contributed by atoms with van der Waals surface area (Å²) >= 11 is 12.4. The standard InChI is InChI=1S/C25H30Cl2N2O4/c1-4-21(25(31)28-13-16(2)3)29(14-18-7-8-19(26)12-20(18)27)24(30)10-6-17-5-9-22-23(11-17)33-15-32-22/h5,7-9,11-12,16,21H,4,6,10,13-15H2,1-3H3,(H,28,31). The fourth-order valence-electron chi connectivity index (χ4n) is 3.67. The van der Waals surface area contributed by atoms with Crippen molar-refractivity contribution in [3.05, 3.63) is 57.6 Å². The normalized spacial score (nSPS) is 13.2. The van der Waals surface area contributed by atoms with Gasteiger partial charge in [-0.15, -0.1) is 0 Å². The van der Waals surface area contributed by atoms with Crippen molar-refractivity contribution in [2.45, 2.75) is 52.6 Å². The molecule has 0 radical (unpaired) electrons. The molecule has 2 amide bonds. The van der Waals surface area contributed by atoms with E-state index in [2.05, 4.69) is 5.32 Å². The SMILES string of the molecule is CCC(C(=O)NCC(C)C)N(Cc1ccc(Cl)cc1Cl)C(=O)CCc1ccc2c(c1)OCO2. The average Bonchev–Trinajstić information content (AvgIpc) is 3.25. The molecular weight excluding hydrogens is 463 g/mol. The van der Waals surface area contributed by atoms with Gasteiger partial charge in [0.05, 0.1) is 0 Å². The van der Waals surface area contributed by atoms with Crippen molar-refractivity contribution in [3.8, 4) is 11.5 Å². The lowest BCUT2D eigenvalue weighted by molar-refractivity contribution is -0.141. The zero-order valence-corrected chi connectivity index (χ0v) is 20.7. The Kier molecular flexibility index (Phi) is 8.87. The van der Waals surface area contributed by atoms with Gasteiger partial charge in [-0.1, -0.05) is 56.1 Å². The number of nitrogens with one attached hydrogen (secondary N) is 1. The molecule has 1 unspecified atom stereocenters. The monoisotopic (exact) mass is 492 g/mol. The predicted molar refractivity (Wildman–Crippen MR) is 130 cm³/mol. The molecule has 1 N–H and O–H groups in total. The van der Waals surface area contributed by atoms with E-state index in [0.717, 1.165) is 11.1 Å². The van der Waals surface area contributed by atoms with Gasteiger partial charge in [-0.2, -0.15) is 0 Å². The molecule has 33 heavy (non-hydrogen) atoms. The summed E-state index contributed by atoms with van der Waals surface area (Å²) in [5.41, 5.74) is 1.71. The summed E-state index contributed by atoms with van der Waals surface area (Å²) in [7, 11) is 0. The van der Waals surface area contributed by atoms with Crippen LogP contribution < -0.4 is 14.8 Å². The fourth-order valence-corrected chi connectivity index (χ4v) is 4.14. The van der Waals surface area contributed by atoms with Crippen molar-refractivity contribution in [1.82, 2.24) is 10.2 Å².